The van der Waals surface area contributed by atoms with Gasteiger partial charge in [0.15, 0.2) is 0 Å². The molecule has 0 aliphatic rings. The summed E-state index contributed by atoms with van der Waals surface area (Å²) in [6.45, 7) is 0. The van der Waals surface area contributed by atoms with Crippen LogP contribution in [0.3, 0.4) is 0 Å². The van der Waals surface area contributed by atoms with Gasteiger partial charge in [-0.3, -0.25) is 0 Å². The topological polar surface area (TPSA) is 43.9 Å². The zero-order valence-electron chi connectivity index (χ0n) is 5.14. The molecule has 0 aliphatic carbocycles. The summed E-state index contributed by atoms with van der Waals surface area (Å²) in [6, 6.07) is 1.84. The number of rotatable bonds is 1. The summed E-state index contributed by atoms with van der Waals surface area (Å²) in [5.41, 5.74) is 0.838. The predicted molar refractivity (Wildman–Crippen MR) is 33.6 cm³/mol. The molecule has 0 spiro atoms. The lowest BCUT2D eigenvalue weighted by molar-refractivity contribution is 0.419. The molecule has 4 nitrogen and oxygen atoms in total. The Bertz CT molecular complexity index is 252. The van der Waals surface area contributed by atoms with E-state index < -0.39 is 0 Å². The van der Waals surface area contributed by atoms with Crippen molar-refractivity contribution in [2.75, 3.05) is 0 Å². The van der Waals surface area contributed by atoms with E-state index in [9.17, 15) is 0 Å². The lowest BCUT2D eigenvalue weighted by Crippen LogP contribution is -1.89. The van der Waals surface area contributed by atoms with Crippen LogP contribution in [0.2, 0.25) is 0 Å². The first-order valence-electron chi connectivity index (χ1n) is 2.86. The van der Waals surface area contributed by atoms with E-state index in [1.807, 2.05) is 12.3 Å². The van der Waals surface area contributed by atoms with Crippen LogP contribution < -0.4 is 0 Å². The van der Waals surface area contributed by atoms with E-state index in [4.69, 9.17) is 0 Å². The molecule has 2 heterocycles. The highest BCUT2D eigenvalue weighted by atomic mass is 16.5. The maximum Gasteiger partial charge on any atom is 0.149 e. The summed E-state index contributed by atoms with van der Waals surface area (Å²) in [7, 11) is 0. The lowest BCUT2D eigenvalue weighted by atomic mass is 10.6. The second-order valence-electron chi connectivity index (χ2n) is 1.83. The van der Waals surface area contributed by atoms with E-state index in [2.05, 4.69) is 14.8 Å². The van der Waals surface area contributed by atoms with E-state index >= 15 is 0 Å². The number of hydrogen-bond acceptors (Lipinski definition) is 3. The van der Waals surface area contributed by atoms with Gasteiger partial charge in [0.1, 0.15) is 12.0 Å². The van der Waals surface area contributed by atoms with Gasteiger partial charge in [0.25, 0.3) is 0 Å². The molecule has 0 amide bonds. The van der Waals surface area contributed by atoms with E-state index in [0.717, 1.165) is 5.69 Å². The Labute approximate surface area is 57.1 Å². The van der Waals surface area contributed by atoms with Crippen LogP contribution in [0.15, 0.2) is 35.4 Å². The fourth-order valence-electron chi connectivity index (χ4n) is 0.734. The van der Waals surface area contributed by atoms with Crippen LogP contribution in [0.4, 0.5) is 0 Å². The van der Waals surface area contributed by atoms with Crippen LogP contribution >= 0.6 is 0 Å². The first-order valence-corrected chi connectivity index (χ1v) is 2.86. The third kappa shape index (κ3) is 0.699. The summed E-state index contributed by atoms with van der Waals surface area (Å²) in [4.78, 5) is 0. The minimum Gasteiger partial charge on any atom is -0.362 e. The standard InChI is InChI=1S/C6H5N3O/c1-2-7-9(3-1)6-4-8-10-5-6/h1-5H. The van der Waals surface area contributed by atoms with Crippen LogP contribution in [0, 0.1) is 0 Å². The molecule has 0 saturated carbocycles. The minimum atomic E-state index is 0.838. The van der Waals surface area contributed by atoms with E-state index in [1.165, 1.54) is 6.26 Å². The quantitative estimate of drug-likeness (QED) is 0.582. The van der Waals surface area contributed by atoms with Crippen molar-refractivity contribution in [1.82, 2.24) is 14.9 Å². The second-order valence-corrected chi connectivity index (χ2v) is 1.83. The average molecular weight is 135 g/mol. The van der Waals surface area contributed by atoms with Gasteiger partial charge in [0.2, 0.25) is 0 Å². The van der Waals surface area contributed by atoms with Gasteiger partial charge in [-0.05, 0) is 6.07 Å². The first kappa shape index (κ1) is 5.22. The summed E-state index contributed by atoms with van der Waals surface area (Å²) in [5.74, 6) is 0. The highest BCUT2D eigenvalue weighted by molar-refractivity contribution is 5.20. The Kier molecular flexibility index (Phi) is 1.04. The number of aromatic nitrogens is 3. The Morgan fingerprint density at radius 3 is 3.10 bits per heavy atom. The molecular weight excluding hydrogens is 130 g/mol. The first-order chi connectivity index (χ1) is 4.97. The summed E-state index contributed by atoms with van der Waals surface area (Å²) in [5, 5.41) is 7.52. The van der Waals surface area contributed by atoms with Gasteiger partial charge < -0.3 is 4.52 Å². The van der Waals surface area contributed by atoms with E-state index in [-0.39, 0.29) is 0 Å². The third-order valence-electron chi connectivity index (χ3n) is 1.19. The summed E-state index contributed by atoms with van der Waals surface area (Å²) < 4.78 is 6.30. The van der Waals surface area contributed by atoms with Gasteiger partial charge in [-0.25, -0.2) is 4.68 Å². The molecule has 0 atom stereocenters. The molecule has 0 unspecified atom stereocenters. The van der Waals surface area contributed by atoms with Crippen molar-refractivity contribution >= 4 is 0 Å². The van der Waals surface area contributed by atoms with Crippen LogP contribution in [0.5, 0.6) is 0 Å². The van der Waals surface area contributed by atoms with Gasteiger partial charge in [-0.2, -0.15) is 5.10 Å². The highest BCUT2D eigenvalue weighted by Crippen LogP contribution is 2.01. The number of hydrogen-bond donors (Lipinski definition) is 0. The van der Waals surface area contributed by atoms with E-state index in [1.54, 1.807) is 17.1 Å². The van der Waals surface area contributed by atoms with Gasteiger partial charge in [0, 0.05) is 12.4 Å². The molecule has 4 heteroatoms. The number of nitrogens with zero attached hydrogens (tertiary/aromatic N) is 3. The molecule has 0 aromatic carbocycles. The molecule has 0 saturated heterocycles. The molecule has 10 heavy (non-hydrogen) atoms. The lowest BCUT2D eigenvalue weighted by Gasteiger charge is -1.89. The molecule has 50 valence electrons. The minimum absolute atomic E-state index is 0.838. The molecule has 0 aliphatic heterocycles. The molecular formula is C6H5N3O. The molecule has 2 rings (SSSR count). The van der Waals surface area contributed by atoms with Gasteiger partial charge in [-0.15, -0.1) is 0 Å². The molecule has 0 radical (unpaired) electrons. The molecule has 0 N–H and O–H groups in total. The molecule has 2 aromatic rings. The SMILES string of the molecule is c1cnn(-c2cnoc2)c1. The second kappa shape index (κ2) is 1.98. The highest BCUT2D eigenvalue weighted by Gasteiger charge is 1.95. The average Bonchev–Trinajstić information content (AvgIpc) is 2.59. The van der Waals surface area contributed by atoms with Crippen molar-refractivity contribution in [2.45, 2.75) is 0 Å². The fourth-order valence-corrected chi connectivity index (χ4v) is 0.734. The summed E-state index contributed by atoms with van der Waals surface area (Å²) >= 11 is 0. The van der Waals surface area contributed by atoms with Crippen molar-refractivity contribution in [1.29, 1.82) is 0 Å². The third-order valence-corrected chi connectivity index (χ3v) is 1.19. The van der Waals surface area contributed by atoms with Crippen molar-refractivity contribution in [3.05, 3.63) is 30.9 Å². The maximum absolute atomic E-state index is 4.63. The Morgan fingerprint density at radius 1 is 1.50 bits per heavy atom. The fraction of sp³-hybridized carbons (Fsp3) is 0. The van der Waals surface area contributed by atoms with Crippen molar-refractivity contribution in [3.63, 3.8) is 0 Å². The van der Waals surface area contributed by atoms with Crippen LogP contribution in [0.1, 0.15) is 0 Å². The zero-order valence-corrected chi connectivity index (χ0v) is 5.14. The summed E-state index contributed by atoms with van der Waals surface area (Å²) in [6.07, 6.45) is 6.67. The zero-order chi connectivity index (χ0) is 6.81. The molecule has 0 fully saturated rings. The van der Waals surface area contributed by atoms with Crippen LogP contribution in [-0.2, 0) is 0 Å². The Hall–Kier alpha value is -1.58. The van der Waals surface area contributed by atoms with Crippen molar-refractivity contribution < 1.29 is 4.52 Å². The van der Waals surface area contributed by atoms with Gasteiger partial charge in [0.05, 0.1) is 6.20 Å². The van der Waals surface area contributed by atoms with Crippen LogP contribution in [0.25, 0.3) is 5.69 Å². The normalized spacial score (nSPS) is 10.0. The molecule has 0 bridgehead atoms. The molecule has 2 aromatic heterocycles. The Balaban J connectivity index is 2.48. The van der Waals surface area contributed by atoms with Gasteiger partial charge >= 0.3 is 0 Å². The van der Waals surface area contributed by atoms with Crippen LogP contribution in [-0.4, -0.2) is 14.9 Å². The smallest absolute Gasteiger partial charge is 0.149 e. The van der Waals surface area contributed by atoms with E-state index in [0.29, 0.717) is 0 Å². The Morgan fingerprint density at radius 2 is 2.50 bits per heavy atom. The van der Waals surface area contributed by atoms with Crippen molar-refractivity contribution in [3.8, 4) is 5.69 Å². The van der Waals surface area contributed by atoms with Crippen molar-refractivity contribution in [2.24, 2.45) is 0 Å². The largest absolute Gasteiger partial charge is 0.362 e. The predicted octanol–water partition coefficient (Wildman–Crippen LogP) is 0.860. The van der Waals surface area contributed by atoms with Gasteiger partial charge in [-0.1, -0.05) is 5.16 Å². The monoisotopic (exact) mass is 135 g/mol. The maximum atomic E-state index is 4.63.